The van der Waals surface area contributed by atoms with Crippen molar-refractivity contribution in [2.45, 2.75) is 18.4 Å². The van der Waals surface area contributed by atoms with E-state index in [1.165, 1.54) is 37.3 Å². The van der Waals surface area contributed by atoms with Gasteiger partial charge in [-0.15, -0.1) is 0 Å². The number of methoxy groups -OCH3 is 1. The van der Waals surface area contributed by atoms with Crippen molar-refractivity contribution >= 4 is 11.9 Å². The van der Waals surface area contributed by atoms with Gasteiger partial charge in [-0.1, -0.05) is 18.2 Å². The molecule has 1 aromatic heterocycles. The molecule has 0 saturated heterocycles. The van der Waals surface area contributed by atoms with Gasteiger partial charge in [0.05, 0.1) is 12.7 Å². The van der Waals surface area contributed by atoms with Gasteiger partial charge in [0.2, 0.25) is 0 Å². The van der Waals surface area contributed by atoms with Crippen LogP contribution in [-0.4, -0.2) is 18.1 Å². The summed E-state index contributed by atoms with van der Waals surface area (Å²) in [6, 6.07) is 11.8. The molecule has 0 bridgehead atoms. The maximum Gasteiger partial charge on any atom is 0.150 e. The molecule has 0 saturated carbocycles. The molecule has 3 nitrogen and oxygen atoms in total. The van der Waals surface area contributed by atoms with Gasteiger partial charge in [0.25, 0.3) is 0 Å². The van der Waals surface area contributed by atoms with Crippen molar-refractivity contribution in [1.82, 2.24) is 9.29 Å². The van der Waals surface area contributed by atoms with Gasteiger partial charge < -0.3 is 10.1 Å². The molecule has 3 aromatic rings. The number of rotatable bonds is 6. The van der Waals surface area contributed by atoms with Gasteiger partial charge in [-0.05, 0) is 55.7 Å². The van der Waals surface area contributed by atoms with Gasteiger partial charge in [-0.3, -0.25) is 3.97 Å². The first-order chi connectivity index (χ1) is 12.5. The fourth-order valence-electron chi connectivity index (χ4n) is 2.87. The Hall–Kier alpha value is -2.31. The molecule has 3 rings (SSSR count). The number of aromatic nitrogens is 1. The minimum atomic E-state index is -0.622. The Kier molecular flexibility index (Phi) is 5.64. The highest BCUT2D eigenvalue weighted by atomic mass is 32.2. The molecule has 0 aliphatic rings. The van der Waals surface area contributed by atoms with Crippen LogP contribution in [0.1, 0.15) is 11.1 Å². The standard InChI is InChI=1S/C20H20F2N2OS/c1-13-6-4-7-15(10-13)26-24-12-14(11-23-2)20(25-3)19(24)18-16(21)8-5-9-17(18)22/h4-10,12,23H,11H2,1-3H3. The lowest BCUT2D eigenvalue weighted by molar-refractivity contribution is 0.410. The van der Waals surface area contributed by atoms with Crippen molar-refractivity contribution in [3.8, 4) is 17.0 Å². The van der Waals surface area contributed by atoms with Crippen molar-refractivity contribution in [3.05, 3.63) is 71.4 Å². The largest absolute Gasteiger partial charge is 0.494 e. The predicted molar refractivity (Wildman–Crippen MR) is 102 cm³/mol. The molecule has 0 amide bonds. The summed E-state index contributed by atoms with van der Waals surface area (Å²) in [4.78, 5) is 0.969. The van der Waals surface area contributed by atoms with Crippen molar-refractivity contribution in [3.63, 3.8) is 0 Å². The second kappa shape index (κ2) is 7.93. The number of nitrogens with zero attached hydrogens (tertiary/aromatic N) is 1. The Bertz CT molecular complexity index is 904. The van der Waals surface area contributed by atoms with E-state index in [-0.39, 0.29) is 5.56 Å². The van der Waals surface area contributed by atoms with E-state index in [1.54, 1.807) is 3.97 Å². The van der Waals surface area contributed by atoms with Crippen LogP contribution in [0.15, 0.2) is 53.6 Å². The smallest absolute Gasteiger partial charge is 0.150 e. The minimum Gasteiger partial charge on any atom is -0.494 e. The Labute approximate surface area is 156 Å². The molecular weight excluding hydrogens is 354 g/mol. The summed E-state index contributed by atoms with van der Waals surface area (Å²) in [5.74, 6) is -0.782. The van der Waals surface area contributed by atoms with Crippen molar-refractivity contribution in [2.24, 2.45) is 0 Å². The summed E-state index contributed by atoms with van der Waals surface area (Å²) >= 11 is 1.39. The first-order valence-electron chi connectivity index (χ1n) is 8.17. The molecule has 0 aliphatic carbocycles. The van der Waals surface area contributed by atoms with E-state index in [4.69, 9.17) is 4.74 Å². The van der Waals surface area contributed by atoms with E-state index in [0.29, 0.717) is 18.0 Å². The fourth-order valence-corrected chi connectivity index (χ4v) is 3.92. The van der Waals surface area contributed by atoms with Crippen LogP contribution < -0.4 is 10.1 Å². The van der Waals surface area contributed by atoms with Crippen LogP contribution in [0.25, 0.3) is 11.3 Å². The number of nitrogens with one attached hydrogen (secondary N) is 1. The highest BCUT2D eigenvalue weighted by Gasteiger charge is 2.24. The normalized spacial score (nSPS) is 11.0. The average Bonchev–Trinajstić information content (AvgIpc) is 2.92. The highest BCUT2D eigenvalue weighted by molar-refractivity contribution is 7.98. The lowest BCUT2D eigenvalue weighted by atomic mass is 10.1. The van der Waals surface area contributed by atoms with Gasteiger partial charge in [0.15, 0.2) is 0 Å². The fraction of sp³-hybridized carbons (Fsp3) is 0.200. The molecule has 0 spiro atoms. The minimum absolute atomic E-state index is 0.0909. The predicted octanol–water partition coefficient (Wildman–Crippen LogP) is 5.03. The van der Waals surface area contributed by atoms with Crippen LogP contribution in [0.5, 0.6) is 5.75 Å². The third-order valence-electron chi connectivity index (χ3n) is 3.96. The molecule has 136 valence electrons. The summed E-state index contributed by atoms with van der Waals surface area (Å²) in [7, 11) is 3.33. The Morgan fingerprint density at radius 1 is 1.12 bits per heavy atom. The summed E-state index contributed by atoms with van der Waals surface area (Å²) in [6.45, 7) is 2.53. The third kappa shape index (κ3) is 3.61. The van der Waals surface area contributed by atoms with Crippen LogP contribution in [-0.2, 0) is 6.54 Å². The summed E-state index contributed by atoms with van der Waals surface area (Å²) in [5.41, 5.74) is 2.22. The molecule has 0 fully saturated rings. The molecule has 0 atom stereocenters. The van der Waals surface area contributed by atoms with Crippen LogP contribution in [0.2, 0.25) is 0 Å². The van der Waals surface area contributed by atoms with E-state index in [1.807, 2.05) is 44.4 Å². The maximum atomic E-state index is 14.5. The van der Waals surface area contributed by atoms with Crippen molar-refractivity contribution in [1.29, 1.82) is 0 Å². The zero-order valence-corrected chi connectivity index (χ0v) is 15.7. The lowest BCUT2D eigenvalue weighted by Gasteiger charge is -2.12. The van der Waals surface area contributed by atoms with E-state index in [0.717, 1.165) is 16.0 Å². The molecule has 0 aliphatic heterocycles. The SMILES string of the molecule is CNCc1cn(Sc2cccc(C)c2)c(-c2c(F)cccc2F)c1OC. The molecule has 2 aromatic carbocycles. The van der Waals surface area contributed by atoms with E-state index >= 15 is 0 Å². The molecule has 1 N–H and O–H groups in total. The molecule has 0 unspecified atom stereocenters. The van der Waals surface area contributed by atoms with E-state index < -0.39 is 11.6 Å². The number of halogens is 2. The zero-order valence-electron chi connectivity index (χ0n) is 14.8. The number of hydrogen-bond donors (Lipinski definition) is 1. The lowest BCUT2D eigenvalue weighted by Crippen LogP contribution is -2.05. The van der Waals surface area contributed by atoms with Gasteiger partial charge in [-0.2, -0.15) is 0 Å². The zero-order chi connectivity index (χ0) is 18.7. The Morgan fingerprint density at radius 3 is 2.42 bits per heavy atom. The summed E-state index contributed by atoms with van der Waals surface area (Å²) in [6.07, 6.45) is 1.85. The van der Waals surface area contributed by atoms with E-state index in [9.17, 15) is 8.78 Å². The van der Waals surface area contributed by atoms with Crippen molar-refractivity contribution in [2.75, 3.05) is 14.2 Å². The first kappa shape index (κ1) is 18.5. The monoisotopic (exact) mass is 374 g/mol. The number of ether oxygens (including phenoxy) is 1. The quantitative estimate of drug-likeness (QED) is 0.656. The second-order valence-corrected chi connectivity index (χ2v) is 6.94. The molecule has 26 heavy (non-hydrogen) atoms. The van der Waals surface area contributed by atoms with Gasteiger partial charge in [-0.25, -0.2) is 8.78 Å². The van der Waals surface area contributed by atoms with E-state index in [2.05, 4.69) is 5.32 Å². The maximum absolute atomic E-state index is 14.5. The van der Waals surface area contributed by atoms with Gasteiger partial charge in [0, 0.05) is 23.2 Å². The number of hydrogen-bond acceptors (Lipinski definition) is 3. The topological polar surface area (TPSA) is 26.2 Å². The third-order valence-corrected chi connectivity index (χ3v) is 4.91. The summed E-state index contributed by atoms with van der Waals surface area (Å²) < 4.78 is 36.3. The number of aryl methyl sites for hydroxylation is 1. The van der Waals surface area contributed by atoms with Crippen LogP contribution in [0.3, 0.4) is 0 Å². The molecule has 6 heteroatoms. The second-order valence-electron chi connectivity index (χ2n) is 5.90. The Balaban J connectivity index is 2.20. The highest BCUT2D eigenvalue weighted by Crippen LogP contribution is 2.41. The average molecular weight is 374 g/mol. The van der Waals surface area contributed by atoms with Crippen molar-refractivity contribution < 1.29 is 13.5 Å². The Morgan fingerprint density at radius 2 is 1.81 bits per heavy atom. The molecular formula is C20H20F2N2OS. The van der Waals surface area contributed by atoms with Gasteiger partial charge in [0.1, 0.15) is 23.1 Å². The van der Waals surface area contributed by atoms with Crippen LogP contribution in [0, 0.1) is 18.6 Å². The molecule has 1 heterocycles. The molecule has 0 radical (unpaired) electrons. The van der Waals surface area contributed by atoms with Crippen LogP contribution in [0.4, 0.5) is 8.78 Å². The van der Waals surface area contributed by atoms with Crippen LogP contribution >= 0.6 is 11.9 Å². The summed E-state index contributed by atoms with van der Waals surface area (Å²) in [5, 5.41) is 3.06. The van der Waals surface area contributed by atoms with Gasteiger partial charge >= 0.3 is 0 Å². The number of benzene rings is 2. The first-order valence-corrected chi connectivity index (χ1v) is 8.94.